The Kier molecular flexibility index (Phi) is 3.51. The van der Waals surface area contributed by atoms with E-state index in [4.69, 9.17) is 22.1 Å². The van der Waals surface area contributed by atoms with E-state index < -0.39 is 0 Å². The lowest BCUT2D eigenvalue weighted by atomic mass is 10.3. The van der Waals surface area contributed by atoms with Gasteiger partial charge in [-0.3, -0.25) is 0 Å². The van der Waals surface area contributed by atoms with E-state index >= 15 is 0 Å². The highest BCUT2D eigenvalue weighted by Gasteiger charge is 2.03. The zero-order valence-electron chi connectivity index (χ0n) is 7.26. The fourth-order valence-electron chi connectivity index (χ4n) is 0.809. The number of hydrogen-bond donors (Lipinski definition) is 1. The summed E-state index contributed by atoms with van der Waals surface area (Å²) in [5.74, 6) is -0.0389. The fraction of sp³-hybridized carbons (Fsp3) is 0.333. The highest BCUT2D eigenvalue weighted by molar-refractivity contribution is 6.32. The Morgan fingerprint density at radius 1 is 1.62 bits per heavy atom. The van der Waals surface area contributed by atoms with E-state index in [9.17, 15) is 4.39 Å². The molecule has 13 heavy (non-hydrogen) atoms. The molecule has 1 atom stereocenters. The van der Waals surface area contributed by atoms with Gasteiger partial charge < -0.3 is 10.5 Å². The number of benzene rings is 1. The average molecular weight is 204 g/mol. The molecule has 0 saturated heterocycles. The van der Waals surface area contributed by atoms with Crippen LogP contribution in [0.4, 0.5) is 4.39 Å². The molecule has 1 aromatic carbocycles. The molecule has 0 unspecified atom stereocenters. The van der Waals surface area contributed by atoms with Crippen molar-refractivity contribution in [1.29, 1.82) is 0 Å². The maximum Gasteiger partial charge on any atom is 0.140 e. The molecule has 0 aliphatic rings. The minimum Gasteiger partial charge on any atom is -0.490 e. The molecule has 72 valence electrons. The van der Waals surface area contributed by atoms with Crippen molar-refractivity contribution in [2.24, 2.45) is 5.73 Å². The minimum atomic E-state index is -0.371. The molecule has 0 aromatic heterocycles. The molecular formula is C9H11ClFNO. The van der Waals surface area contributed by atoms with Crippen molar-refractivity contribution in [2.75, 3.05) is 6.61 Å². The van der Waals surface area contributed by atoms with Gasteiger partial charge >= 0.3 is 0 Å². The van der Waals surface area contributed by atoms with E-state index in [-0.39, 0.29) is 11.9 Å². The van der Waals surface area contributed by atoms with Gasteiger partial charge in [-0.05, 0) is 19.1 Å². The highest BCUT2D eigenvalue weighted by Crippen LogP contribution is 2.24. The molecule has 2 nitrogen and oxygen atoms in total. The summed E-state index contributed by atoms with van der Waals surface area (Å²) in [5, 5.41) is 0.391. The van der Waals surface area contributed by atoms with Crippen LogP contribution in [0, 0.1) is 5.82 Å². The summed E-state index contributed by atoms with van der Waals surface area (Å²) in [4.78, 5) is 0. The minimum absolute atomic E-state index is 0.0978. The topological polar surface area (TPSA) is 35.2 Å². The predicted molar refractivity (Wildman–Crippen MR) is 50.6 cm³/mol. The predicted octanol–water partition coefficient (Wildman–Crippen LogP) is 2.21. The van der Waals surface area contributed by atoms with Gasteiger partial charge in [0, 0.05) is 12.1 Å². The van der Waals surface area contributed by atoms with Crippen LogP contribution in [0.25, 0.3) is 0 Å². The molecule has 2 N–H and O–H groups in total. The Hall–Kier alpha value is -0.800. The van der Waals surface area contributed by atoms with Gasteiger partial charge in [0.15, 0.2) is 0 Å². The van der Waals surface area contributed by atoms with E-state index in [1.165, 1.54) is 18.2 Å². The van der Waals surface area contributed by atoms with E-state index in [1.54, 1.807) is 6.92 Å². The summed E-state index contributed by atoms with van der Waals surface area (Å²) in [6.07, 6.45) is 0. The van der Waals surface area contributed by atoms with E-state index in [2.05, 4.69) is 0 Å². The molecule has 4 heteroatoms. The van der Waals surface area contributed by atoms with E-state index in [0.717, 1.165) is 0 Å². The lowest BCUT2D eigenvalue weighted by molar-refractivity contribution is 0.295. The molecule has 0 bridgehead atoms. The summed E-state index contributed by atoms with van der Waals surface area (Å²) in [6, 6.07) is 3.87. The van der Waals surface area contributed by atoms with Crippen molar-refractivity contribution in [2.45, 2.75) is 13.0 Å². The number of hydrogen-bond acceptors (Lipinski definition) is 2. The van der Waals surface area contributed by atoms with Gasteiger partial charge in [-0.15, -0.1) is 0 Å². The van der Waals surface area contributed by atoms with Crippen molar-refractivity contribution < 1.29 is 9.13 Å². The van der Waals surface area contributed by atoms with Crippen LogP contribution in [0.15, 0.2) is 18.2 Å². The van der Waals surface area contributed by atoms with Gasteiger partial charge in [0.2, 0.25) is 0 Å². The second-order valence-electron chi connectivity index (χ2n) is 2.86. The number of halogens is 2. The van der Waals surface area contributed by atoms with Crippen LogP contribution in [-0.2, 0) is 0 Å². The van der Waals surface area contributed by atoms with Crippen LogP contribution >= 0.6 is 11.6 Å². The van der Waals surface area contributed by atoms with Crippen LogP contribution in [0.2, 0.25) is 5.02 Å². The molecule has 0 heterocycles. The Balaban J connectivity index is 2.70. The molecule has 0 aliphatic heterocycles. The van der Waals surface area contributed by atoms with Crippen molar-refractivity contribution in [3.8, 4) is 5.75 Å². The van der Waals surface area contributed by atoms with Gasteiger partial charge in [0.05, 0.1) is 5.02 Å². The molecule has 0 saturated carbocycles. The van der Waals surface area contributed by atoms with E-state index in [0.29, 0.717) is 17.4 Å². The van der Waals surface area contributed by atoms with Gasteiger partial charge in [-0.25, -0.2) is 4.39 Å². The van der Waals surface area contributed by atoms with Crippen molar-refractivity contribution >= 4 is 11.6 Å². The SMILES string of the molecule is C[C@H](N)COc1cc(F)ccc1Cl. The molecule has 1 aromatic rings. The van der Waals surface area contributed by atoms with Crippen molar-refractivity contribution in [1.82, 2.24) is 0 Å². The summed E-state index contributed by atoms with van der Waals surface area (Å²) in [7, 11) is 0. The first-order valence-corrected chi connectivity index (χ1v) is 4.31. The summed E-state index contributed by atoms with van der Waals surface area (Å²) in [5.41, 5.74) is 5.47. The zero-order valence-corrected chi connectivity index (χ0v) is 8.01. The maximum absolute atomic E-state index is 12.7. The fourth-order valence-corrected chi connectivity index (χ4v) is 0.981. The standard InChI is InChI=1S/C9H11ClFNO/c1-6(12)5-13-9-4-7(11)2-3-8(9)10/h2-4,6H,5,12H2,1H3/t6-/m0/s1. The average Bonchev–Trinajstić information content (AvgIpc) is 2.06. The van der Waals surface area contributed by atoms with Gasteiger partial charge in [0.25, 0.3) is 0 Å². The van der Waals surface area contributed by atoms with Gasteiger partial charge in [0.1, 0.15) is 18.2 Å². The van der Waals surface area contributed by atoms with E-state index in [1.807, 2.05) is 0 Å². The quantitative estimate of drug-likeness (QED) is 0.818. The largest absolute Gasteiger partial charge is 0.490 e. The Labute approximate surface area is 81.4 Å². The molecule has 0 amide bonds. The summed E-state index contributed by atoms with van der Waals surface area (Å²) in [6.45, 7) is 2.12. The first-order chi connectivity index (χ1) is 6.09. The van der Waals surface area contributed by atoms with Crippen molar-refractivity contribution in [3.63, 3.8) is 0 Å². The molecule has 0 spiro atoms. The van der Waals surface area contributed by atoms with Crippen LogP contribution in [0.3, 0.4) is 0 Å². The molecule has 0 radical (unpaired) electrons. The zero-order chi connectivity index (χ0) is 9.84. The molecular weight excluding hydrogens is 193 g/mol. The first-order valence-electron chi connectivity index (χ1n) is 3.93. The number of nitrogens with two attached hydrogens (primary N) is 1. The summed E-state index contributed by atoms with van der Waals surface area (Å²) < 4.78 is 17.9. The van der Waals surface area contributed by atoms with Gasteiger partial charge in [-0.1, -0.05) is 11.6 Å². The first kappa shape index (κ1) is 10.3. The van der Waals surface area contributed by atoms with Crippen LogP contribution < -0.4 is 10.5 Å². The van der Waals surface area contributed by atoms with Crippen LogP contribution in [-0.4, -0.2) is 12.6 Å². The number of ether oxygens (including phenoxy) is 1. The molecule has 0 aliphatic carbocycles. The second-order valence-corrected chi connectivity index (χ2v) is 3.27. The Bertz CT molecular complexity index is 291. The maximum atomic E-state index is 12.7. The third-order valence-electron chi connectivity index (χ3n) is 1.39. The highest BCUT2D eigenvalue weighted by atomic mass is 35.5. The summed E-state index contributed by atoms with van der Waals surface area (Å²) >= 11 is 5.75. The Morgan fingerprint density at radius 2 is 2.31 bits per heavy atom. The third-order valence-corrected chi connectivity index (χ3v) is 1.71. The Morgan fingerprint density at radius 3 is 2.92 bits per heavy atom. The van der Waals surface area contributed by atoms with Crippen LogP contribution in [0.1, 0.15) is 6.92 Å². The van der Waals surface area contributed by atoms with Crippen molar-refractivity contribution in [3.05, 3.63) is 29.0 Å². The molecule has 1 rings (SSSR count). The second kappa shape index (κ2) is 4.44. The number of rotatable bonds is 3. The normalized spacial score (nSPS) is 12.6. The lowest BCUT2D eigenvalue weighted by Gasteiger charge is -2.09. The smallest absolute Gasteiger partial charge is 0.140 e. The monoisotopic (exact) mass is 203 g/mol. The van der Waals surface area contributed by atoms with Crippen LogP contribution in [0.5, 0.6) is 5.75 Å². The molecule has 0 fully saturated rings. The lowest BCUT2D eigenvalue weighted by Crippen LogP contribution is -2.23. The third kappa shape index (κ3) is 3.20. The van der Waals surface area contributed by atoms with Gasteiger partial charge in [-0.2, -0.15) is 0 Å².